The lowest BCUT2D eigenvalue weighted by Gasteiger charge is -2.30. The number of nitrogens with one attached hydrogen (secondary N) is 1. The molecule has 1 atom stereocenters. The minimum Gasteiger partial charge on any atom is -0.497 e. The van der Waals surface area contributed by atoms with Crippen molar-refractivity contribution in [2.45, 2.75) is 18.9 Å². The molecule has 2 rings (SSSR count). The second-order valence-corrected chi connectivity index (χ2v) is 5.93. The summed E-state index contributed by atoms with van der Waals surface area (Å²) in [5.74, 6) is -1.17. The van der Waals surface area contributed by atoms with E-state index >= 15 is 0 Å². The number of methoxy groups -OCH3 is 1. The van der Waals surface area contributed by atoms with Gasteiger partial charge in [-0.25, -0.2) is 0 Å². The first-order chi connectivity index (χ1) is 11.8. The average molecular weight is 344 g/mol. The highest BCUT2D eigenvalue weighted by Crippen LogP contribution is 2.28. The van der Waals surface area contributed by atoms with Crippen molar-refractivity contribution in [2.75, 3.05) is 7.11 Å². The third-order valence-corrected chi connectivity index (χ3v) is 3.97. The number of carbonyl (C=O) groups is 2. The van der Waals surface area contributed by atoms with Gasteiger partial charge in [-0.2, -0.15) is 0 Å². The summed E-state index contributed by atoms with van der Waals surface area (Å²) < 4.78 is 6.45. The lowest BCUT2D eigenvalue weighted by Crippen LogP contribution is -2.46. The Balaban J connectivity index is 2.43. The number of aliphatic carboxylic acids is 1. The zero-order valence-corrected chi connectivity index (χ0v) is 14.3. The first kappa shape index (κ1) is 18.3. The number of nitrogens with zero attached hydrogens (tertiary/aromatic N) is 1. The summed E-state index contributed by atoms with van der Waals surface area (Å²) in [7, 11) is 3.04. The maximum atomic E-state index is 12.6. The summed E-state index contributed by atoms with van der Waals surface area (Å²) in [5, 5.41) is 12.0. The van der Waals surface area contributed by atoms with Gasteiger partial charge in [0.15, 0.2) is 0 Å². The number of carboxylic acids is 1. The number of aryl methyl sites for hydroxylation is 1. The molecule has 1 amide bonds. The molecule has 0 aliphatic carbocycles. The van der Waals surface area contributed by atoms with E-state index in [1.54, 1.807) is 37.3 Å². The quantitative estimate of drug-likeness (QED) is 0.828. The fraction of sp³-hybridized carbons (Fsp3) is 0.278. The molecular formula is C18H20N2O5. The fourth-order valence-corrected chi connectivity index (χ4v) is 2.58. The molecule has 2 aromatic rings. The van der Waals surface area contributed by atoms with Crippen molar-refractivity contribution in [2.24, 2.45) is 7.05 Å². The van der Waals surface area contributed by atoms with Crippen LogP contribution in [0.1, 0.15) is 29.3 Å². The number of pyridine rings is 1. The van der Waals surface area contributed by atoms with Gasteiger partial charge in [0.05, 0.1) is 19.1 Å². The number of rotatable bonds is 6. The highest BCUT2D eigenvalue weighted by molar-refractivity contribution is 5.94. The summed E-state index contributed by atoms with van der Waals surface area (Å²) in [5.41, 5.74) is -1.15. The van der Waals surface area contributed by atoms with Crippen LogP contribution in [0, 0.1) is 0 Å². The van der Waals surface area contributed by atoms with Gasteiger partial charge in [-0.15, -0.1) is 0 Å². The number of carboxylic acid groups (broad SMARTS) is 1. The van der Waals surface area contributed by atoms with E-state index in [4.69, 9.17) is 4.74 Å². The summed E-state index contributed by atoms with van der Waals surface area (Å²) in [4.78, 5) is 36.0. The van der Waals surface area contributed by atoms with E-state index in [-0.39, 0.29) is 12.0 Å². The van der Waals surface area contributed by atoms with Crippen LogP contribution in [0.5, 0.6) is 5.75 Å². The number of benzene rings is 1. The van der Waals surface area contributed by atoms with E-state index in [2.05, 4.69) is 5.32 Å². The van der Waals surface area contributed by atoms with Crippen molar-refractivity contribution < 1.29 is 19.4 Å². The molecule has 0 saturated heterocycles. The monoisotopic (exact) mass is 344 g/mol. The molecule has 2 N–H and O–H groups in total. The zero-order valence-electron chi connectivity index (χ0n) is 14.3. The molecule has 0 saturated carbocycles. The molecule has 0 bridgehead atoms. The maximum Gasteiger partial charge on any atom is 0.306 e. The summed E-state index contributed by atoms with van der Waals surface area (Å²) in [6.45, 7) is 1.60. The van der Waals surface area contributed by atoms with Crippen LogP contribution in [0.15, 0.2) is 47.4 Å². The summed E-state index contributed by atoms with van der Waals surface area (Å²) in [6, 6.07) is 9.78. The van der Waals surface area contributed by atoms with Gasteiger partial charge in [-0.05, 0) is 36.8 Å². The third kappa shape index (κ3) is 4.06. The molecule has 7 nitrogen and oxygen atoms in total. The third-order valence-electron chi connectivity index (χ3n) is 3.97. The van der Waals surface area contributed by atoms with Gasteiger partial charge in [0, 0.05) is 13.2 Å². The molecule has 0 aliphatic rings. The number of hydrogen-bond donors (Lipinski definition) is 2. The summed E-state index contributed by atoms with van der Waals surface area (Å²) >= 11 is 0. The van der Waals surface area contributed by atoms with Crippen LogP contribution in [-0.2, 0) is 17.4 Å². The Kier molecular flexibility index (Phi) is 5.26. The normalized spacial score (nSPS) is 12.9. The standard InChI is InChI=1S/C18H20N2O5/c1-18(11-15(21)22,12-6-4-7-13(10-12)25-3)19-16(23)14-8-5-9-20(2)17(14)24/h4-10H,11H2,1-3H3,(H,19,23)(H,21,22). The number of amides is 1. The Morgan fingerprint density at radius 2 is 2.00 bits per heavy atom. The van der Waals surface area contributed by atoms with Crippen LogP contribution in [-0.4, -0.2) is 28.7 Å². The average Bonchev–Trinajstić information content (AvgIpc) is 2.56. The van der Waals surface area contributed by atoms with Crippen molar-refractivity contribution in [1.82, 2.24) is 9.88 Å². The largest absolute Gasteiger partial charge is 0.497 e. The van der Waals surface area contributed by atoms with E-state index < -0.39 is 23.0 Å². The Morgan fingerprint density at radius 1 is 1.28 bits per heavy atom. The SMILES string of the molecule is COc1cccc(C(C)(CC(=O)O)NC(=O)c2cccn(C)c2=O)c1. The number of hydrogen-bond acceptors (Lipinski definition) is 4. The number of aromatic nitrogens is 1. The van der Waals surface area contributed by atoms with Crippen molar-refractivity contribution in [3.8, 4) is 5.75 Å². The van der Waals surface area contributed by atoms with Crippen LogP contribution in [0.2, 0.25) is 0 Å². The molecule has 132 valence electrons. The Labute approximate surface area is 144 Å². The van der Waals surface area contributed by atoms with E-state index in [1.165, 1.54) is 31.0 Å². The molecule has 25 heavy (non-hydrogen) atoms. The lowest BCUT2D eigenvalue weighted by atomic mass is 9.88. The van der Waals surface area contributed by atoms with Gasteiger partial charge in [-0.1, -0.05) is 12.1 Å². The molecule has 1 aromatic heterocycles. The lowest BCUT2D eigenvalue weighted by molar-refractivity contribution is -0.138. The Hall–Kier alpha value is -3.09. The number of carbonyl (C=O) groups excluding carboxylic acids is 1. The molecular weight excluding hydrogens is 324 g/mol. The molecule has 1 heterocycles. The first-order valence-corrected chi connectivity index (χ1v) is 7.61. The second kappa shape index (κ2) is 7.21. The maximum absolute atomic E-state index is 12.6. The Morgan fingerprint density at radius 3 is 2.64 bits per heavy atom. The van der Waals surface area contributed by atoms with Gasteiger partial charge in [-0.3, -0.25) is 14.4 Å². The van der Waals surface area contributed by atoms with Gasteiger partial charge in [0.2, 0.25) is 0 Å². The molecule has 0 aliphatic heterocycles. The van der Waals surface area contributed by atoms with Gasteiger partial charge in [0.1, 0.15) is 11.3 Å². The van der Waals surface area contributed by atoms with Crippen LogP contribution in [0.25, 0.3) is 0 Å². The molecule has 1 aromatic carbocycles. The van der Waals surface area contributed by atoms with Crippen molar-refractivity contribution >= 4 is 11.9 Å². The predicted molar refractivity (Wildman–Crippen MR) is 91.7 cm³/mol. The van der Waals surface area contributed by atoms with Gasteiger partial charge >= 0.3 is 5.97 Å². The van der Waals surface area contributed by atoms with E-state index in [1.807, 2.05) is 0 Å². The van der Waals surface area contributed by atoms with Gasteiger partial charge < -0.3 is 19.7 Å². The van der Waals surface area contributed by atoms with E-state index in [0.717, 1.165) is 0 Å². The molecule has 0 radical (unpaired) electrons. The summed E-state index contributed by atoms with van der Waals surface area (Å²) in [6.07, 6.45) is 1.19. The molecule has 1 unspecified atom stereocenters. The first-order valence-electron chi connectivity index (χ1n) is 7.61. The van der Waals surface area contributed by atoms with Gasteiger partial charge in [0.25, 0.3) is 11.5 Å². The van der Waals surface area contributed by atoms with Crippen molar-refractivity contribution in [3.63, 3.8) is 0 Å². The van der Waals surface area contributed by atoms with E-state index in [9.17, 15) is 19.5 Å². The van der Waals surface area contributed by atoms with Crippen LogP contribution in [0.4, 0.5) is 0 Å². The zero-order chi connectivity index (χ0) is 18.6. The molecule has 7 heteroatoms. The van der Waals surface area contributed by atoms with Crippen molar-refractivity contribution in [1.29, 1.82) is 0 Å². The minimum atomic E-state index is -1.21. The van der Waals surface area contributed by atoms with E-state index in [0.29, 0.717) is 11.3 Å². The van der Waals surface area contributed by atoms with Crippen LogP contribution >= 0.6 is 0 Å². The number of ether oxygens (including phenoxy) is 1. The molecule has 0 fully saturated rings. The predicted octanol–water partition coefficient (Wildman–Crippen LogP) is 1.51. The smallest absolute Gasteiger partial charge is 0.306 e. The fourth-order valence-electron chi connectivity index (χ4n) is 2.58. The second-order valence-electron chi connectivity index (χ2n) is 5.93. The topological polar surface area (TPSA) is 97.6 Å². The highest BCUT2D eigenvalue weighted by atomic mass is 16.5. The molecule has 0 spiro atoms. The van der Waals surface area contributed by atoms with Crippen LogP contribution in [0.3, 0.4) is 0 Å². The highest BCUT2D eigenvalue weighted by Gasteiger charge is 2.32. The van der Waals surface area contributed by atoms with Crippen molar-refractivity contribution in [3.05, 3.63) is 64.1 Å². The minimum absolute atomic E-state index is 0.0514. The van der Waals surface area contributed by atoms with Crippen LogP contribution < -0.4 is 15.6 Å². The Bertz CT molecular complexity index is 859.